The average Bonchev–Trinajstić information content (AvgIpc) is 4.11. The van der Waals surface area contributed by atoms with Crippen LogP contribution in [0.4, 0.5) is 0 Å². The van der Waals surface area contributed by atoms with E-state index in [1.54, 1.807) is 0 Å². The van der Waals surface area contributed by atoms with Gasteiger partial charge in [-0.2, -0.15) is 0 Å². The van der Waals surface area contributed by atoms with Gasteiger partial charge in [0.05, 0.1) is 0 Å². The molecule has 0 spiro atoms. The van der Waals surface area contributed by atoms with Crippen LogP contribution in [0.15, 0.2) is 276 Å². The van der Waals surface area contributed by atoms with Gasteiger partial charge in [0, 0.05) is 21.5 Å². The second-order valence-corrected chi connectivity index (χ2v) is 20.2. The van der Waals surface area contributed by atoms with Crippen molar-refractivity contribution >= 4 is 97.7 Å². The zero-order chi connectivity index (χ0) is 49.8. The highest BCUT2D eigenvalue weighted by Crippen LogP contribution is 2.47. The molecule has 0 bridgehead atoms. The lowest BCUT2D eigenvalue weighted by atomic mass is 9.86. The van der Waals surface area contributed by atoms with E-state index in [2.05, 4.69) is 267 Å². The predicted molar refractivity (Wildman–Crippen MR) is 321 cm³/mol. The zero-order valence-corrected chi connectivity index (χ0v) is 41.2. The van der Waals surface area contributed by atoms with E-state index >= 15 is 0 Å². The van der Waals surface area contributed by atoms with Crippen LogP contribution in [0, 0.1) is 0 Å². The Hall–Kier alpha value is -10.0. The maximum Gasteiger partial charge on any atom is 0.136 e. The highest BCUT2D eigenvalue weighted by atomic mass is 16.3. The first-order valence-electron chi connectivity index (χ1n) is 26.1. The molecule has 0 saturated carbocycles. The van der Waals surface area contributed by atoms with E-state index in [0.717, 1.165) is 76.9 Å². The van der Waals surface area contributed by atoms with E-state index in [1.165, 1.54) is 87.6 Å². The van der Waals surface area contributed by atoms with E-state index in [0.29, 0.717) is 0 Å². The third-order valence-electron chi connectivity index (χ3n) is 16.0. The Morgan fingerprint density at radius 2 is 0.408 bits per heavy atom. The van der Waals surface area contributed by atoms with Gasteiger partial charge in [0.2, 0.25) is 0 Å². The van der Waals surface area contributed by atoms with Crippen LogP contribution in [0.5, 0.6) is 0 Å². The number of hydrogen-bond acceptors (Lipinski definition) is 2. The lowest BCUT2D eigenvalue weighted by molar-refractivity contribution is 0.669. The van der Waals surface area contributed by atoms with Gasteiger partial charge in [-0.3, -0.25) is 0 Å². The summed E-state index contributed by atoms with van der Waals surface area (Å²) in [7, 11) is 0. The first-order valence-corrected chi connectivity index (χ1v) is 26.1. The molecule has 76 heavy (non-hydrogen) atoms. The largest absolute Gasteiger partial charge is 0.456 e. The van der Waals surface area contributed by atoms with Gasteiger partial charge in [0.1, 0.15) is 22.3 Å². The third kappa shape index (κ3) is 6.61. The molecule has 0 atom stereocenters. The molecule has 352 valence electrons. The van der Waals surface area contributed by atoms with Crippen molar-refractivity contribution in [2.45, 2.75) is 0 Å². The van der Waals surface area contributed by atoms with Gasteiger partial charge in [-0.05, 0) is 169 Å². The Morgan fingerprint density at radius 1 is 0.158 bits per heavy atom. The number of hydrogen-bond donors (Lipinski definition) is 0. The van der Waals surface area contributed by atoms with Crippen LogP contribution in [0.25, 0.3) is 165 Å². The highest BCUT2D eigenvalue weighted by molar-refractivity contribution is 6.23. The Morgan fingerprint density at radius 3 is 0.737 bits per heavy atom. The maximum absolute atomic E-state index is 6.67. The number of rotatable bonds is 6. The summed E-state index contributed by atoms with van der Waals surface area (Å²) in [5.74, 6) is 0. The summed E-state index contributed by atoms with van der Waals surface area (Å²) in [4.78, 5) is 0. The van der Waals surface area contributed by atoms with Crippen LogP contribution in [-0.4, -0.2) is 0 Å². The van der Waals surface area contributed by atoms with Gasteiger partial charge in [0.25, 0.3) is 0 Å². The van der Waals surface area contributed by atoms with Gasteiger partial charge in [-0.1, -0.05) is 218 Å². The van der Waals surface area contributed by atoms with Gasteiger partial charge in [0.15, 0.2) is 0 Å². The summed E-state index contributed by atoms with van der Waals surface area (Å²) in [5, 5.41) is 16.7. The van der Waals surface area contributed by atoms with Crippen molar-refractivity contribution in [1.82, 2.24) is 0 Å². The van der Waals surface area contributed by atoms with Crippen molar-refractivity contribution in [3.63, 3.8) is 0 Å². The van der Waals surface area contributed by atoms with Crippen LogP contribution < -0.4 is 0 Å². The van der Waals surface area contributed by atoms with Crippen LogP contribution in [0.1, 0.15) is 0 Å². The fraction of sp³-hybridized carbons (Fsp3) is 0. The van der Waals surface area contributed by atoms with Gasteiger partial charge < -0.3 is 8.83 Å². The van der Waals surface area contributed by atoms with Crippen LogP contribution in [0.3, 0.4) is 0 Å². The Bertz CT molecular complexity index is 4570. The Balaban J connectivity index is 0.717. The molecule has 0 amide bonds. The molecule has 0 unspecified atom stereocenters. The summed E-state index contributed by atoms with van der Waals surface area (Å²) < 4.78 is 13.3. The molecular formula is C74H44O2. The zero-order valence-electron chi connectivity index (χ0n) is 41.2. The molecule has 0 N–H and O–H groups in total. The minimum atomic E-state index is 0.863. The van der Waals surface area contributed by atoms with Crippen LogP contribution in [-0.2, 0) is 0 Å². The molecule has 0 fully saturated rings. The van der Waals surface area contributed by atoms with Crippen molar-refractivity contribution < 1.29 is 8.83 Å². The first-order chi connectivity index (χ1) is 37.7. The highest BCUT2D eigenvalue weighted by Gasteiger charge is 2.20. The smallest absolute Gasteiger partial charge is 0.136 e. The normalized spacial score (nSPS) is 11.9. The molecule has 2 aromatic heterocycles. The minimum absolute atomic E-state index is 0.863. The fourth-order valence-electron chi connectivity index (χ4n) is 12.5. The number of benzene rings is 14. The monoisotopic (exact) mass is 964 g/mol. The molecule has 16 rings (SSSR count). The number of fused-ring (bicyclic) bond motifs is 11. The molecular weight excluding hydrogens is 921 g/mol. The molecule has 14 aromatic carbocycles. The van der Waals surface area contributed by atoms with Crippen LogP contribution in [0.2, 0.25) is 0 Å². The van der Waals surface area contributed by atoms with E-state index in [1.807, 2.05) is 0 Å². The first kappa shape index (κ1) is 42.5. The summed E-state index contributed by atoms with van der Waals surface area (Å²) >= 11 is 0. The summed E-state index contributed by atoms with van der Waals surface area (Å²) in [5.41, 5.74) is 17.9. The molecule has 0 aliphatic carbocycles. The molecule has 2 heteroatoms. The van der Waals surface area contributed by atoms with Gasteiger partial charge >= 0.3 is 0 Å². The standard InChI is InChI=1S/C74H44O2/c1-3-15-47(16-4-1)71-57-19-7-11-23-61(57)73(62-24-12-8-20-58(62)71)49-31-27-45(28-32-49)51-35-37-55-65-39-53-40-66-56-38-36-52(42-68(56)76-70(66)44-54(53)43-69(65)75-67(55)41-51)46-29-33-50(34-30-46)74-63-25-13-9-21-59(63)72(48-17-5-2-6-18-48)60-22-10-14-26-64(60)74/h1-44H. The summed E-state index contributed by atoms with van der Waals surface area (Å²) in [6, 6.07) is 97.1. The van der Waals surface area contributed by atoms with Crippen molar-refractivity contribution in [3.05, 3.63) is 267 Å². The summed E-state index contributed by atoms with van der Waals surface area (Å²) in [6.07, 6.45) is 0. The second kappa shape index (κ2) is 16.8. The Kier molecular flexibility index (Phi) is 9.37. The minimum Gasteiger partial charge on any atom is -0.456 e. The quantitative estimate of drug-likeness (QED) is 0.155. The molecule has 0 aliphatic heterocycles. The maximum atomic E-state index is 6.67. The van der Waals surface area contributed by atoms with Crippen molar-refractivity contribution in [3.8, 4) is 66.8 Å². The topological polar surface area (TPSA) is 26.3 Å². The second-order valence-electron chi connectivity index (χ2n) is 20.2. The van der Waals surface area contributed by atoms with Gasteiger partial charge in [-0.15, -0.1) is 0 Å². The predicted octanol–water partition coefficient (Wildman–Crippen LogP) is 21.3. The van der Waals surface area contributed by atoms with Crippen molar-refractivity contribution in [1.29, 1.82) is 0 Å². The molecule has 0 saturated heterocycles. The lowest BCUT2D eigenvalue weighted by Crippen LogP contribution is -1.90. The number of furan rings is 2. The average molecular weight is 965 g/mol. The van der Waals surface area contributed by atoms with Crippen LogP contribution >= 0.6 is 0 Å². The lowest BCUT2D eigenvalue weighted by Gasteiger charge is -2.18. The van der Waals surface area contributed by atoms with Crippen molar-refractivity contribution in [2.75, 3.05) is 0 Å². The third-order valence-corrected chi connectivity index (χ3v) is 16.0. The Labute approximate surface area is 437 Å². The molecule has 2 nitrogen and oxygen atoms in total. The van der Waals surface area contributed by atoms with E-state index in [4.69, 9.17) is 8.83 Å². The van der Waals surface area contributed by atoms with Crippen molar-refractivity contribution in [2.24, 2.45) is 0 Å². The van der Waals surface area contributed by atoms with E-state index in [-0.39, 0.29) is 0 Å². The fourth-order valence-corrected chi connectivity index (χ4v) is 12.5. The van der Waals surface area contributed by atoms with Gasteiger partial charge in [-0.25, -0.2) is 0 Å². The molecule has 2 heterocycles. The van der Waals surface area contributed by atoms with E-state index < -0.39 is 0 Å². The molecule has 0 aliphatic rings. The van der Waals surface area contributed by atoms with E-state index in [9.17, 15) is 0 Å². The molecule has 16 aromatic rings. The SMILES string of the molecule is c1ccc(-c2c3ccccc3c(-c3ccc(-c4ccc5c(c4)oc4cc6cc7oc8cc(-c9ccc(-c%10c%11ccccc%11c(-c%11ccccc%11)c%11ccccc%10%11)cc9)ccc8c7cc6cc45)cc3)c3ccccc23)cc1. The molecule has 0 radical (unpaired) electrons. The summed E-state index contributed by atoms with van der Waals surface area (Å²) in [6.45, 7) is 0.